The zero-order chi connectivity index (χ0) is 18.8. The monoisotopic (exact) mass is 365 g/mol. The third-order valence-corrected chi connectivity index (χ3v) is 5.19. The number of likely N-dealkylation sites (N-methyl/N-ethyl adjacent to an activating group) is 1. The highest BCUT2D eigenvalue weighted by atomic mass is 16.6. The van der Waals surface area contributed by atoms with Crippen LogP contribution >= 0.6 is 0 Å². The molecule has 0 spiro atoms. The van der Waals surface area contributed by atoms with Gasteiger partial charge in [-0.3, -0.25) is 4.79 Å². The van der Waals surface area contributed by atoms with Crippen molar-refractivity contribution in [2.45, 2.75) is 18.9 Å². The molecule has 2 aromatic rings. The van der Waals surface area contributed by atoms with Crippen LogP contribution in [0.25, 0.3) is 6.08 Å². The number of carbonyl (C=O) groups is 1. The largest absolute Gasteiger partial charge is 0.493 e. The van der Waals surface area contributed by atoms with Crippen LogP contribution < -0.4 is 14.2 Å². The summed E-state index contributed by atoms with van der Waals surface area (Å²) in [6.07, 6.45) is 5.38. The fraction of sp³-hybridized carbons (Fsp3) is 0.318. The number of carbonyl (C=O) groups excluding carboxylic acids is 1. The molecule has 2 aliphatic rings. The van der Waals surface area contributed by atoms with Crippen LogP contribution in [0, 0.1) is 0 Å². The Morgan fingerprint density at radius 2 is 2.04 bits per heavy atom. The second kappa shape index (κ2) is 7.35. The maximum atomic E-state index is 12.7. The van der Waals surface area contributed by atoms with E-state index in [2.05, 4.69) is 18.2 Å². The first kappa shape index (κ1) is 17.5. The van der Waals surface area contributed by atoms with E-state index in [-0.39, 0.29) is 11.9 Å². The lowest BCUT2D eigenvalue weighted by atomic mass is 10.1. The number of aryl methyl sites for hydroxylation is 1. The Morgan fingerprint density at radius 3 is 2.89 bits per heavy atom. The van der Waals surface area contributed by atoms with E-state index in [1.165, 1.54) is 11.1 Å². The zero-order valence-electron chi connectivity index (χ0n) is 15.6. The van der Waals surface area contributed by atoms with Gasteiger partial charge >= 0.3 is 0 Å². The molecule has 1 aliphatic carbocycles. The average molecular weight is 365 g/mol. The minimum absolute atomic E-state index is 0.0226. The predicted molar refractivity (Wildman–Crippen MR) is 103 cm³/mol. The Morgan fingerprint density at radius 1 is 1.22 bits per heavy atom. The number of methoxy groups -OCH3 is 1. The highest BCUT2D eigenvalue weighted by Gasteiger charge is 2.27. The Labute approximate surface area is 159 Å². The van der Waals surface area contributed by atoms with Crippen molar-refractivity contribution >= 4 is 12.0 Å². The van der Waals surface area contributed by atoms with E-state index < -0.39 is 0 Å². The van der Waals surface area contributed by atoms with Gasteiger partial charge in [0.1, 0.15) is 13.2 Å². The van der Waals surface area contributed by atoms with Gasteiger partial charge < -0.3 is 19.1 Å². The van der Waals surface area contributed by atoms with Crippen molar-refractivity contribution in [3.63, 3.8) is 0 Å². The fourth-order valence-corrected chi connectivity index (χ4v) is 3.77. The van der Waals surface area contributed by atoms with Crippen LogP contribution in [0.5, 0.6) is 17.2 Å². The smallest absolute Gasteiger partial charge is 0.246 e. The van der Waals surface area contributed by atoms with Gasteiger partial charge in [-0.15, -0.1) is 0 Å². The second-order valence-electron chi connectivity index (χ2n) is 6.78. The van der Waals surface area contributed by atoms with Gasteiger partial charge in [-0.1, -0.05) is 24.3 Å². The quantitative estimate of drug-likeness (QED) is 0.777. The van der Waals surface area contributed by atoms with E-state index in [9.17, 15) is 4.79 Å². The molecule has 5 heteroatoms. The minimum atomic E-state index is -0.0226. The summed E-state index contributed by atoms with van der Waals surface area (Å²) in [6, 6.07) is 12.2. The van der Waals surface area contributed by atoms with Crippen LogP contribution in [0.2, 0.25) is 0 Å². The first-order valence-electron chi connectivity index (χ1n) is 9.17. The highest BCUT2D eigenvalue weighted by molar-refractivity contribution is 5.92. The normalized spacial score (nSPS) is 17.6. The van der Waals surface area contributed by atoms with Crippen LogP contribution in [0.1, 0.15) is 29.2 Å². The van der Waals surface area contributed by atoms with Crippen LogP contribution in [0.15, 0.2) is 42.5 Å². The molecule has 1 unspecified atom stereocenters. The summed E-state index contributed by atoms with van der Waals surface area (Å²) < 4.78 is 16.7. The standard InChI is InChI=1S/C22H23NO4/c1-23(18-9-8-16-5-3-4-6-17(16)18)21(24)10-7-15-13-19(25-2)22-20(14-15)26-11-12-27-22/h3-7,10,13-14,18H,8-9,11-12H2,1-2H3/b10-7+. The van der Waals surface area contributed by atoms with Crippen LogP contribution in [-0.4, -0.2) is 38.2 Å². The van der Waals surface area contributed by atoms with Gasteiger partial charge in [-0.05, 0) is 47.7 Å². The van der Waals surface area contributed by atoms with Gasteiger partial charge in [0.15, 0.2) is 11.5 Å². The maximum Gasteiger partial charge on any atom is 0.246 e. The highest BCUT2D eigenvalue weighted by Crippen LogP contribution is 2.40. The number of fused-ring (bicyclic) bond motifs is 2. The molecule has 1 heterocycles. The number of nitrogens with zero attached hydrogens (tertiary/aromatic N) is 1. The second-order valence-corrected chi connectivity index (χ2v) is 6.78. The number of hydrogen-bond acceptors (Lipinski definition) is 4. The van der Waals surface area contributed by atoms with Crippen molar-refractivity contribution in [3.8, 4) is 17.2 Å². The molecule has 140 valence electrons. The molecule has 0 bridgehead atoms. The van der Waals surface area contributed by atoms with Crippen molar-refractivity contribution in [1.29, 1.82) is 0 Å². The molecule has 2 aromatic carbocycles. The number of rotatable bonds is 4. The summed E-state index contributed by atoms with van der Waals surface area (Å²) in [5.41, 5.74) is 3.43. The molecular formula is C22H23NO4. The van der Waals surface area contributed by atoms with Gasteiger partial charge in [-0.25, -0.2) is 0 Å². The summed E-state index contributed by atoms with van der Waals surface area (Å²) in [5, 5.41) is 0. The molecule has 0 radical (unpaired) electrons. The number of hydrogen-bond donors (Lipinski definition) is 0. The van der Waals surface area contributed by atoms with Crippen molar-refractivity contribution in [2.75, 3.05) is 27.4 Å². The SMILES string of the molecule is COc1cc(/C=C/C(=O)N(C)C2CCc3ccccc32)cc2c1OCCO2. The van der Waals surface area contributed by atoms with Crippen molar-refractivity contribution < 1.29 is 19.0 Å². The van der Waals surface area contributed by atoms with E-state index in [1.54, 1.807) is 19.3 Å². The summed E-state index contributed by atoms with van der Waals surface area (Å²) >= 11 is 0. The molecule has 1 amide bonds. The molecule has 0 saturated carbocycles. The van der Waals surface area contributed by atoms with Gasteiger partial charge in [0.2, 0.25) is 11.7 Å². The molecule has 0 saturated heterocycles. The van der Waals surface area contributed by atoms with E-state index in [4.69, 9.17) is 14.2 Å². The third-order valence-electron chi connectivity index (χ3n) is 5.19. The van der Waals surface area contributed by atoms with Crippen LogP contribution in [0.4, 0.5) is 0 Å². The summed E-state index contributed by atoms with van der Waals surface area (Å²) in [4.78, 5) is 14.5. The van der Waals surface area contributed by atoms with Crippen LogP contribution in [0.3, 0.4) is 0 Å². The van der Waals surface area contributed by atoms with Gasteiger partial charge in [0.25, 0.3) is 0 Å². The lowest BCUT2D eigenvalue weighted by Gasteiger charge is -2.24. The Kier molecular flexibility index (Phi) is 4.75. The molecule has 5 nitrogen and oxygen atoms in total. The summed E-state index contributed by atoms with van der Waals surface area (Å²) in [7, 11) is 3.46. The zero-order valence-corrected chi connectivity index (χ0v) is 15.6. The van der Waals surface area contributed by atoms with E-state index in [1.807, 2.05) is 30.1 Å². The molecule has 27 heavy (non-hydrogen) atoms. The van der Waals surface area contributed by atoms with Gasteiger partial charge in [0.05, 0.1) is 13.2 Å². The topological polar surface area (TPSA) is 48.0 Å². The molecule has 0 aromatic heterocycles. The number of benzene rings is 2. The molecule has 0 N–H and O–H groups in total. The van der Waals surface area contributed by atoms with Crippen molar-refractivity contribution in [2.24, 2.45) is 0 Å². The molecular weight excluding hydrogens is 342 g/mol. The number of amides is 1. The first-order chi connectivity index (χ1) is 13.2. The van der Waals surface area contributed by atoms with Gasteiger partial charge in [0, 0.05) is 13.1 Å². The third kappa shape index (κ3) is 3.37. The Bertz CT molecular complexity index is 873. The van der Waals surface area contributed by atoms with E-state index in [0.29, 0.717) is 30.5 Å². The minimum Gasteiger partial charge on any atom is -0.493 e. The van der Waals surface area contributed by atoms with Crippen molar-refractivity contribution in [1.82, 2.24) is 4.90 Å². The molecule has 4 rings (SSSR count). The van der Waals surface area contributed by atoms with E-state index in [0.717, 1.165) is 18.4 Å². The Hall–Kier alpha value is -2.95. The first-order valence-corrected chi connectivity index (χ1v) is 9.17. The molecule has 0 fully saturated rings. The lowest BCUT2D eigenvalue weighted by Crippen LogP contribution is -2.28. The lowest BCUT2D eigenvalue weighted by molar-refractivity contribution is -0.126. The Balaban J connectivity index is 1.52. The molecule has 1 atom stereocenters. The summed E-state index contributed by atoms with van der Waals surface area (Å²) in [5.74, 6) is 1.85. The average Bonchev–Trinajstić information content (AvgIpc) is 3.14. The summed E-state index contributed by atoms with van der Waals surface area (Å²) in [6.45, 7) is 1.01. The molecule has 1 aliphatic heterocycles. The van der Waals surface area contributed by atoms with Crippen molar-refractivity contribution in [3.05, 3.63) is 59.2 Å². The van der Waals surface area contributed by atoms with Crippen LogP contribution in [-0.2, 0) is 11.2 Å². The van der Waals surface area contributed by atoms with E-state index >= 15 is 0 Å². The predicted octanol–water partition coefficient (Wildman–Crippen LogP) is 3.63. The fourth-order valence-electron chi connectivity index (χ4n) is 3.77. The maximum absolute atomic E-state index is 12.7. The number of ether oxygens (including phenoxy) is 3. The van der Waals surface area contributed by atoms with Gasteiger partial charge in [-0.2, -0.15) is 0 Å².